The van der Waals surface area contributed by atoms with Gasteiger partial charge in [-0.2, -0.15) is 0 Å². The number of carbonyl (C=O) groups is 2. The molecule has 20 heavy (non-hydrogen) atoms. The monoisotopic (exact) mass is 270 g/mol. The number of nitrogen functional groups attached to an aromatic ring is 1. The highest BCUT2D eigenvalue weighted by Crippen LogP contribution is 2.29. The van der Waals surface area contributed by atoms with Gasteiger partial charge in [0.15, 0.2) is 0 Å². The van der Waals surface area contributed by atoms with Crippen LogP contribution in [0, 0.1) is 12.8 Å². The zero-order chi connectivity index (χ0) is 14.3. The lowest BCUT2D eigenvalue weighted by Gasteiger charge is -2.21. The molecule has 1 aromatic heterocycles. The molecule has 4 heteroatoms. The number of fused-ring (bicyclic) bond motifs is 1. The Kier molecular flexibility index (Phi) is 3.08. The van der Waals surface area contributed by atoms with E-state index in [0.717, 1.165) is 16.6 Å². The van der Waals surface area contributed by atoms with Gasteiger partial charge in [-0.05, 0) is 38.0 Å². The summed E-state index contributed by atoms with van der Waals surface area (Å²) in [6.45, 7) is 1.92. The van der Waals surface area contributed by atoms with Crippen molar-refractivity contribution in [2.24, 2.45) is 5.92 Å². The molecule has 1 saturated carbocycles. The van der Waals surface area contributed by atoms with Crippen LogP contribution in [0.25, 0.3) is 10.9 Å². The number of ketones is 1. The molecule has 2 aromatic rings. The summed E-state index contributed by atoms with van der Waals surface area (Å²) < 4.78 is 1.76. The molecule has 1 aliphatic rings. The van der Waals surface area contributed by atoms with Crippen molar-refractivity contribution in [3.05, 3.63) is 30.0 Å². The quantitative estimate of drug-likeness (QED) is 0.810. The van der Waals surface area contributed by atoms with Crippen molar-refractivity contribution in [1.82, 2.24) is 4.57 Å². The Hall–Kier alpha value is -2.10. The van der Waals surface area contributed by atoms with Gasteiger partial charge in [0, 0.05) is 35.5 Å². The molecule has 0 spiro atoms. The molecule has 1 aliphatic carbocycles. The zero-order valence-electron chi connectivity index (χ0n) is 11.6. The second-order valence-electron chi connectivity index (χ2n) is 5.55. The van der Waals surface area contributed by atoms with E-state index in [1.165, 1.54) is 0 Å². The Morgan fingerprint density at radius 2 is 2.00 bits per heavy atom. The molecule has 0 bridgehead atoms. The molecule has 0 saturated heterocycles. The highest BCUT2D eigenvalue weighted by Gasteiger charge is 2.27. The third-order valence-electron chi connectivity index (χ3n) is 4.18. The highest BCUT2D eigenvalue weighted by atomic mass is 16.2. The van der Waals surface area contributed by atoms with E-state index < -0.39 is 0 Å². The van der Waals surface area contributed by atoms with E-state index in [4.69, 9.17) is 5.73 Å². The smallest absolute Gasteiger partial charge is 0.234 e. The van der Waals surface area contributed by atoms with Crippen LogP contribution in [0.3, 0.4) is 0 Å². The first-order valence-corrected chi connectivity index (χ1v) is 7.00. The van der Waals surface area contributed by atoms with Crippen LogP contribution in [0.4, 0.5) is 5.69 Å². The number of carbonyl (C=O) groups excluding carboxylic acids is 2. The van der Waals surface area contributed by atoms with Crippen LogP contribution in [0.2, 0.25) is 0 Å². The molecule has 1 heterocycles. The number of nitrogens with two attached hydrogens (primary N) is 1. The lowest BCUT2D eigenvalue weighted by atomic mass is 9.87. The van der Waals surface area contributed by atoms with Crippen LogP contribution in [-0.4, -0.2) is 16.3 Å². The lowest BCUT2D eigenvalue weighted by molar-refractivity contribution is -0.120. The van der Waals surface area contributed by atoms with Crippen molar-refractivity contribution in [2.75, 3.05) is 5.73 Å². The lowest BCUT2D eigenvalue weighted by Crippen LogP contribution is -2.27. The summed E-state index contributed by atoms with van der Waals surface area (Å²) in [5, 5.41) is 0.922. The molecule has 104 valence electrons. The van der Waals surface area contributed by atoms with E-state index in [-0.39, 0.29) is 17.6 Å². The van der Waals surface area contributed by atoms with Gasteiger partial charge in [-0.3, -0.25) is 14.2 Å². The number of aryl methyl sites for hydroxylation is 1. The summed E-state index contributed by atoms with van der Waals surface area (Å²) in [6, 6.07) is 7.59. The minimum Gasteiger partial charge on any atom is -0.398 e. The number of aromatic nitrogens is 1. The Morgan fingerprint density at radius 3 is 2.70 bits per heavy atom. The minimum atomic E-state index is -0.0524. The second-order valence-corrected chi connectivity index (χ2v) is 5.55. The average molecular weight is 270 g/mol. The number of hydrogen-bond acceptors (Lipinski definition) is 3. The van der Waals surface area contributed by atoms with Crippen molar-refractivity contribution in [1.29, 1.82) is 0 Å². The Bertz CT molecular complexity index is 690. The highest BCUT2D eigenvalue weighted by molar-refractivity contribution is 6.00. The molecule has 0 aliphatic heterocycles. The molecule has 0 unspecified atom stereocenters. The van der Waals surface area contributed by atoms with Crippen LogP contribution >= 0.6 is 0 Å². The summed E-state index contributed by atoms with van der Waals surface area (Å²) in [5.41, 5.74) is 8.42. The van der Waals surface area contributed by atoms with Gasteiger partial charge in [0.05, 0.1) is 5.52 Å². The fourth-order valence-corrected chi connectivity index (χ4v) is 3.05. The number of rotatable bonds is 1. The Balaban J connectivity index is 2.01. The fourth-order valence-electron chi connectivity index (χ4n) is 3.05. The first-order valence-electron chi connectivity index (χ1n) is 7.00. The molecule has 1 fully saturated rings. The predicted octanol–water partition coefficient (Wildman–Crippen LogP) is 2.93. The number of benzene rings is 1. The first kappa shape index (κ1) is 12.9. The summed E-state index contributed by atoms with van der Waals surface area (Å²) >= 11 is 0. The number of anilines is 1. The van der Waals surface area contributed by atoms with Gasteiger partial charge in [0.25, 0.3) is 0 Å². The summed E-state index contributed by atoms with van der Waals surface area (Å²) in [4.78, 5) is 24.0. The van der Waals surface area contributed by atoms with E-state index >= 15 is 0 Å². The van der Waals surface area contributed by atoms with Crippen LogP contribution in [0.1, 0.15) is 36.2 Å². The molecule has 2 N–H and O–H groups in total. The van der Waals surface area contributed by atoms with Gasteiger partial charge in [0.2, 0.25) is 5.91 Å². The number of Topliss-reactive ketones (excluding diaryl/α,β-unsaturated/α-hetero) is 1. The average Bonchev–Trinajstić information content (AvgIpc) is 2.77. The number of hydrogen-bond donors (Lipinski definition) is 1. The van der Waals surface area contributed by atoms with Crippen molar-refractivity contribution in [3.8, 4) is 0 Å². The minimum absolute atomic E-state index is 0.0524. The maximum Gasteiger partial charge on any atom is 0.234 e. The van der Waals surface area contributed by atoms with Crippen LogP contribution in [-0.2, 0) is 4.79 Å². The number of nitrogens with zero attached hydrogens (tertiary/aromatic N) is 1. The zero-order valence-corrected chi connectivity index (χ0v) is 11.6. The van der Waals surface area contributed by atoms with Gasteiger partial charge < -0.3 is 5.73 Å². The summed E-state index contributed by atoms with van der Waals surface area (Å²) in [6.07, 6.45) is 2.38. The van der Waals surface area contributed by atoms with E-state index in [2.05, 4.69) is 0 Å². The van der Waals surface area contributed by atoms with Gasteiger partial charge in [-0.25, -0.2) is 0 Å². The standard InChI is InChI=1S/C16H18N2O2/c1-10-9-13-14(17)3-2-4-15(13)18(10)16(20)11-5-7-12(19)8-6-11/h2-4,9,11H,5-8,17H2,1H3. The molecule has 0 atom stereocenters. The molecule has 0 amide bonds. The molecular weight excluding hydrogens is 252 g/mol. The van der Waals surface area contributed by atoms with Crippen molar-refractivity contribution >= 4 is 28.3 Å². The Labute approximate surface area is 117 Å². The topological polar surface area (TPSA) is 65.1 Å². The van der Waals surface area contributed by atoms with E-state index in [0.29, 0.717) is 31.4 Å². The van der Waals surface area contributed by atoms with Crippen LogP contribution in [0.5, 0.6) is 0 Å². The van der Waals surface area contributed by atoms with Crippen molar-refractivity contribution in [2.45, 2.75) is 32.6 Å². The van der Waals surface area contributed by atoms with Crippen molar-refractivity contribution < 1.29 is 9.59 Å². The maximum atomic E-state index is 12.7. The third-order valence-corrected chi connectivity index (χ3v) is 4.18. The third kappa shape index (κ3) is 2.01. The van der Waals surface area contributed by atoms with Gasteiger partial charge in [-0.1, -0.05) is 6.07 Å². The van der Waals surface area contributed by atoms with E-state index in [1.807, 2.05) is 31.2 Å². The van der Waals surface area contributed by atoms with Crippen LogP contribution in [0.15, 0.2) is 24.3 Å². The fraction of sp³-hybridized carbons (Fsp3) is 0.375. The molecule has 4 nitrogen and oxygen atoms in total. The molecular formula is C16H18N2O2. The second kappa shape index (κ2) is 4.78. The van der Waals surface area contributed by atoms with E-state index in [9.17, 15) is 9.59 Å². The van der Waals surface area contributed by atoms with Gasteiger partial charge in [-0.15, -0.1) is 0 Å². The SMILES string of the molecule is Cc1cc2c(N)cccc2n1C(=O)C1CCC(=O)CC1. The van der Waals surface area contributed by atoms with Gasteiger partial charge in [0.1, 0.15) is 5.78 Å². The molecule has 1 aromatic carbocycles. The predicted molar refractivity (Wildman–Crippen MR) is 78.7 cm³/mol. The van der Waals surface area contributed by atoms with E-state index in [1.54, 1.807) is 4.57 Å². The first-order chi connectivity index (χ1) is 9.58. The summed E-state index contributed by atoms with van der Waals surface area (Å²) in [7, 11) is 0. The molecule has 0 radical (unpaired) electrons. The van der Waals surface area contributed by atoms with Crippen molar-refractivity contribution in [3.63, 3.8) is 0 Å². The van der Waals surface area contributed by atoms with Crippen LogP contribution < -0.4 is 5.73 Å². The summed E-state index contributed by atoms with van der Waals surface area (Å²) in [5.74, 6) is 0.311. The van der Waals surface area contributed by atoms with Gasteiger partial charge >= 0.3 is 0 Å². The Morgan fingerprint density at radius 1 is 1.30 bits per heavy atom. The maximum absolute atomic E-state index is 12.7. The largest absolute Gasteiger partial charge is 0.398 e. The molecule has 3 rings (SSSR count). The normalized spacial score (nSPS) is 16.8.